The van der Waals surface area contributed by atoms with E-state index in [-0.39, 0.29) is 17.2 Å². The Morgan fingerprint density at radius 1 is 1.24 bits per heavy atom. The molecule has 0 aliphatic heterocycles. The quantitative estimate of drug-likeness (QED) is 0.556. The molecule has 0 spiro atoms. The van der Waals surface area contributed by atoms with Crippen LogP contribution < -0.4 is 5.32 Å². The number of para-hydroxylation sites is 1. The van der Waals surface area contributed by atoms with Crippen molar-refractivity contribution in [1.29, 1.82) is 0 Å². The van der Waals surface area contributed by atoms with Crippen LogP contribution in [0.3, 0.4) is 0 Å². The molecule has 2 aromatic heterocycles. The van der Waals surface area contributed by atoms with Crippen LogP contribution in [0.25, 0.3) is 5.69 Å². The summed E-state index contributed by atoms with van der Waals surface area (Å²) in [6.07, 6.45) is 4.95. The predicted molar refractivity (Wildman–Crippen MR) is 115 cm³/mol. The molecule has 4 rings (SSSR count). The molecule has 1 saturated carbocycles. The molecular formula is C21H26N6OS. The normalized spacial score (nSPS) is 15.8. The fourth-order valence-electron chi connectivity index (χ4n) is 3.10. The van der Waals surface area contributed by atoms with E-state index >= 15 is 0 Å². The summed E-state index contributed by atoms with van der Waals surface area (Å²) in [5.74, 6) is 2.09. The van der Waals surface area contributed by atoms with Gasteiger partial charge in [-0.05, 0) is 45.2 Å². The summed E-state index contributed by atoms with van der Waals surface area (Å²) in [6, 6.07) is 12.1. The van der Waals surface area contributed by atoms with Crippen molar-refractivity contribution in [3.63, 3.8) is 0 Å². The second-order valence-corrected chi connectivity index (χ2v) is 8.75. The number of hydrogen-bond donors (Lipinski definition) is 1. The number of amides is 1. The zero-order chi connectivity index (χ0) is 20.4. The van der Waals surface area contributed by atoms with E-state index < -0.39 is 0 Å². The summed E-state index contributed by atoms with van der Waals surface area (Å²) in [4.78, 5) is 17.5. The van der Waals surface area contributed by atoms with E-state index in [9.17, 15) is 4.79 Å². The molecule has 2 atom stereocenters. The minimum atomic E-state index is -0.325. The van der Waals surface area contributed by atoms with Gasteiger partial charge in [0.05, 0.1) is 23.2 Å². The summed E-state index contributed by atoms with van der Waals surface area (Å²) in [5, 5.41) is 12.3. The zero-order valence-corrected chi connectivity index (χ0v) is 17.8. The third-order valence-corrected chi connectivity index (χ3v) is 6.09. The Balaban J connectivity index is 1.48. The maximum Gasteiger partial charge on any atom is 0.238 e. The zero-order valence-electron chi connectivity index (χ0n) is 16.9. The summed E-state index contributed by atoms with van der Waals surface area (Å²) >= 11 is 1.38. The molecule has 1 aliphatic rings. The van der Waals surface area contributed by atoms with Gasteiger partial charge in [-0.2, -0.15) is 5.10 Å². The lowest BCUT2D eigenvalue weighted by Gasteiger charge is -2.15. The fourth-order valence-corrected chi connectivity index (χ4v) is 3.85. The second-order valence-electron chi connectivity index (χ2n) is 7.44. The van der Waals surface area contributed by atoms with Gasteiger partial charge in [-0.3, -0.25) is 4.79 Å². The van der Waals surface area contributed by atoms with Crippen molar-refractivity contribution in [2.24, 2.45) is 0 Å². The van der Waals surface area contributed by atoms with Crippen molar-refractivity contribution in [2.75, 3.05) is 5.32 Å². The Morgan fingerprint density at radius 3 is 2.69 bits per heavy atom. The van der Waals surface area contributed by atoms with E-state index in [1.807, 2.05) is 52.7 Å². The van der Waals surface area contributed by atoms with Crippen LogP contribution in [0.5, 0.6) is 0 Å². The van der Waals surface area contributed by atoms with Gasteiger partial charge in [-0.25, -0.2) is 14.3 Å². The minimum Gasteiger partial charge on any atom is -0.310 e. The molecule has 0 radical (unpaired) electrons. The molecule has 2 heterocycles. The number of benzene rings is 1. The first kappa shape index (κ1) is 19.7. The van der Waals surface area contributed by atoms with Gasteiger partial charge in [0, 0.05) is 12.0 Å². The first-order valence-corrected chi connectivity index (χ1v) is 11.0. The van der Waals surface area contributed by atoms with Gasteiger partial charge in [-0.1, -0.05) is 36.9 Å². The van der Waals surface area contributed by atoms with Crippen LogP contribution in [-0.4, -0.2) is 35.7 Å². The predicted octanol–water partition coefficient (Wildman–Crippen LogP) is 4.43. The number of aromatic nitrogens is 5. The van der Waals surface area contributed by atoms with Gasteiger partial charge in [0.2, 0.25) is 11.1 Å². The van der Waals surface area contributed by atoms with Gasteiger partial charge < -0.3 is 5.32 Å². The average molecular weight is 411 g/mol. The van der Waals surface area contributed by atoms with Crippen molar-refractivity contribution in [3.8, 4) is 5.69 Å². The first-order chi connectivity index (χ1) is 14.1. The number of anilines is 1. The Hall–Kier alpha value is -2.61. The average Bonchev–Trinajstić information content (AvgIpc) is 3.34. The largest absolute Gasteiger partial charge is 0.310 e. The van der Waals surface area contributed by atoms with Gasteiger partial charge in [0.1, 0.15) is 11.6 Å². The lowest BCUT2D eigenvalue weighted by atomic mass is 10.3. The number of thioether (sulfide) groups is 1. The first-order valence-electron chi connectivity index (χ1n) is 10.1. The SMILES string of the molecule is CC[C@@H](C)n1nccc1NC(=O)[C@H](C)Sc1nc(C2CC2)n(-c2ccccc2)n1. The molecule has 1 N–H and O–H groups in total. The van der Waals surface area contributed by atoms with Crippen molar-refractivity contribution in [3.05, 3.63) is 48.4 Å². The van der Waals surface area contributed by atoms with Crippen molar-refractivity contribution < 1.29 is 4.79 Å². The fraction of sp³-hybridized carbons (Fsp3) is 0.429. The van der Waals surface area contributed by atoms with Crippen LogP contribution in [0.1, 0.15) is 57.8 Å². The van der Waals surface area contributed by atoms with Gasteiger partial charge in [-0.15, -0.1) is 5.10 Å². The summed E-state index contributed by atoms with van der Waals surface area (Å²) in [7, 11) is 0. The highest BCUT2D eigenvalue weighted by molar-refractivity contribution is 8.00. The summed E-state index contributed by atoms with van der Waals surface area (Å²) < 4.78 is 3.77. The topological polar surface area (TPSA) is 77.6 Å². The van der Waals surface area contributed by atoms with Crippen LogP contribution in [0.15, 0.2) is 47.8 Å². The minimum absolute atomic E-state index is 0.0795. The molecule has 152 valence electrons. The van der Waals surface area contributed by atoms with E-state index in [4.69, 9.17) is 10.1 Å². The highest BCUT2D eigenvalue weighted by atomic mass is 32.2. The molecule has 7 nitrogen and oxygen atoms in total. The number of nitrogens with one attached hydrogen (secondary N) is 1. The molecule has 3 aromatic rings. The Bertz CT molecular complexity index is 978. The van der Waals surface area contributed by atoms with Crippen LogP contribution >= 0.6 is 11.8 Å². The second kappa shape index (κ2) is 8.41. The maximum atomic E-state index is 12.8. The van der Waals surface area contributed by atoms with Gasteiger partial charge in [0.15, 0.2) is 0 Å². The van der Waals surface area contributed by atoms with E-state index in [0.29, 0.717) is 11.1 Å². The lowest BCUT2D eigenvalue weighted by molar-refractivity contribution is -0.115. The maximum absolute atomic E-state index is 12.8. The van der Waals surface area contributed by atoms with Crippen molar-refractivity contribution in [1.82, 2.24) is 24.5 Å². The molecule has 1 aromatic carbocycles. The van der Waals surface area contributed by atoms with Crippen LogP contribution in [0, 0.1) is 0 Å². The molecule has 1 amide bonds. The van der Waals surface area contributed by atoms with E-state index in [1.54, 1.807) is 6.20 Å². The molecule has 0 unspecified atom stereocenters. The molecule has 1 fully saturated rings. The highest BCUT2D eigenvalue weighted by Gasteiger charge is 2.31. The standard InChI is InChI=1S/C21H26N6OS/c1-4-14(2)26-18(12-13-22-26)23-20(28)15(3)29-21-24-19(16-10-11-16)27(25-21)17-8-6-5-7-9-17/h5-9,12-16H,4,10-11H2,1-3H3,(H,23,28)/t14-,15+/m1/s1. The van der Waals surface area contributed by atoms with Crippen LogP contribution in [0.2, 0.25) is 0 Å². The molecule has 29 heavy (non-hydrogen) atoms. The molecule has 0 bridgehead atoms. The summed E-state index contributed by atoms with van der Waals surface area (Å²) in [5.41, 5.74) is 1.00. The molecule has 1 aliphatic carbocycles. The third kappa shape index (κ3) is 4.37. The summed E-state index contributed by atoms with van der Waals surface area (Å²) in [6.45, 7) is 6.06. The molecule has 0 saturated heterocycles. The highest BCUT2D eigenvalue weighted by Crippen LogP contribution is 2.40. The van der Waals surface area contributed by atoms with Crippen molar-refractivity contribution >= 4 is 23.5 Å². The smallest absolute Gasteiger partial charge is 0.238 e. The van der Waals surface area contributed by atoms with Crippen LogP contribution in [0.4, 0.5) is 5.82 Å². The van der Waals surface area contributed by atoms with E-state index in [1.165, 1.54) is 11.8 Å². The lowest BCUT2D eigenvalue weighted by Crippen LogP contribution is -2.25. The van der Waals surface area contributed by atoms with E-state index in [2.05, 4.69) is 24.3 Å². The molecule has 8 heteroatoms. The number of hydrogen-bond acceptors (Lipinski definition) is 5. The monoisotopic (exact) mass is 410 g/mol. The van der Waals surface area contributed by atoms with Gasteiger partial charge >= 0.3 is 0 Å². The van der Waals surface area contributed by atoms with Gasteiger partial charge in [0.25, 0.3) is 0 Å². The number of carbonyl (C=O) groups is 1. The van der Waals surface area contributed by atoms with E-state index in [0.717, 1.165) is 36.6 Å². The Morgan fingerprint density at radius 2 is 2.00 bits per heavy atom. The van der Waals surface area contributed by atoms with Crippen LogP contribution in [-0.2, 0) is 4.79 Å². The molecular weight excluding hydrogens is 384 g/mol. The number of rotatable bonds is 8. The Labute approximate surface area is 174 Å². The van der Waals surface area contributed by atoms with Crippen molar-refractivity contribution in [2.45, 2.75) is 62.4 Å². The Kier molecular flexibility index (Phi) is 5.71. The third-order valence-electron chi connectivity index (χ3n) is 5.14. The number of nitrogens with zero attached hydrogens (tertiary/aromatic N) is 5. The number of carbonyl (C=O) groups excluding carboxylic acids is 1.